The lowest BCUT2D eigenvalue weighted by molar-refractivity contribution is -0.312. The summed E-state index contributed by atoms with van der Waals surface area (Å²) in [6, 6.07) is 7.72. The minimum absolute atomic E-state index is 0.0327. The molecule has 2 heterocycles. The van der Waals surface area contributed by atoms with Crippen LogP contribution in [0.25, 0.3) is 0 Å². The van der Waals surface area contributed by atoms with Crippen molar-refractivity contribution in [3.63, 3.8) is 0 Å². The number of benzene rings is 1. The zero-order valence-corrected chi connectivity index (χ0v) is 13.7. The van der Waals surface area contributed by atoms with Gasteiger partial charge in [0.25, 0.3) is 0 Å². The molecule has 3 rings (SSSR count). The summed E-state index contributed by atoms with van der Waals surface area (Å²) in [6.07, 6.45) is 6.26. The molecule has 22 heavy (non-hydrogen) atoms. The first-order valence-electron chi connectivity index (χ1n) is 7.49. The Balaban J connectivity index is 1.83. The van der Waals surface area contributed by atoms with E-state index in [-0.39, 0.29) is 5.41 Å². The SMILES string of the molecule is CC1(C)COC(CCn2ccnc2)(c2ccc(Cl)cc2)OC1. The molecule has 1 fully saturated rings. The van der Waals surface area contributed by atoms with Gasteiger partial charge in [-0.2, -0.15) is 0 Å². The Kier molecular flexibility index (Phi) is 4.26. The number of hydrogen-bond acceptors (Lipinski definition) is 3. The molecule has 2 aromatic rings. The van der Waals surface area contributed by atoms with Crippen LogP contribution in [0, 0.1) is 5.41 Å². The van der Waals surface area contributed by atoms with Crippen LogP contribution in [-0.2, 0) is 21.8 Å². The average Bonchev–Trinajstić information content (AvgIpc) is 3.01. The number of hydrogen-bond donors (Lipinski definition) is 0. The highest BCUT2D eigenvalue weighted by Gasteiger charge is 2.41. The minimum Gasteiger partial charge on any atom is -0.345 e. The maximum Gasteiger partial charge on any atom is 0.196 e. The molecule has 5 heteroatoms. The van der Waals surface area contributed by atoms with Crippen molar-refractivity contribution in [2.75, 3.05) is 13.2 Å². The van der Waals surface area contributed by atoms with Gasteiger partial charge in [0.05, 0.1) is 19.5 Å². The first-order valence-corrected chi connectivity index (χ1v) is 7.87. The van der Waals surface area contributed by atoms with Crippen LogP contribution in [0.5, 0.6) is 0 Å². The Labute approximate surface area is 136 Å². The Morgan fingerprint density at radius 2 is 1.86 bits per heavy atom. The molecule has 1 aliphatic rings. The van der Waals surface area contributed by atoms with Crippen molar-refractivity contribution in [1.82, 2.24) is 9.55 Å². The molecule has 118 valence electrons. The number of nitrogens with zero attached hydrogens (tertiary/aromatic N) is 2. The molecular formula is C17H21ClN2O2. The molecule has 1 aromatic heterocycles. The van der Waals surface area contributed by atoms with Crippen LogP contribution in [0.1, 0.15) is 25.8 Å². The highest BCUT2D eigenvalue weighted by molar-refractivity contribution is 6.30. The first kappa shape index (κ1) is 15.5. The van der Waals surface area contributed by atoms with Gasteiger partial charge < -0.3 is 14.0 Å². The molecule has 0 aliphatic carbocycles. The number of aryl methyl sites for hydroxylation is 1. The van der Waals surface area contributed by atoms with Gasteiger partial charge in [0.1, 0.15) is 0 Å². The third-order valence-corrected chi connectivity index (χ3v) is 4.19. The molecular weight excluding hydrogens is 300 g/mol. The lowest BCUT2D eigenvalue weighted by Crippen LogP contribution is -2.46. The van der Waals surface area contributed by atoms with E-state index in [1.807, 2.05) is 41.4 Å². The van der Waals surface area contributed by atoms with Crippen molar-refractivity contribution < 1.29 is 9.47 Å². The van der Waals surface area contributed by atoms with Crippen LogP contribution in [0.3, 0.4) is 0 Å². The highest BCUT2D eigenvalue weighted by atomic mass is 35.5. The van der Waals surface area contributed by atoms with Crippen LogP contribution in [-0.4, -0.2) is 22.8 Å². The van der Waals surface area contributed by atoms with Crippen molar-refractivity contribution in [3.8, 4) is 0 Å². The van der Waals surface area contributed by atoms with E-state index in [2.05, 4.69) is 18.8 Å². The van der Waals surface area contributed by atoms with Crippen LogP contribution in [0.2, 0.25) is 5.02 Å². The molecule has 0 amide bonds. The van der Waals surface area contributed by atoms with E-state index in [9.17, 15) is 0 Å². The first-order chi connectivity index (χ1) is 10.5. The van der Waals surface area contributed by atoms with Crippen molar-refractivity contribution in [2.24, 2.45) is 5.41 Å². The average molecular weight is 321 g/mol. The predicted molar refractivity (Wildman–Crippen MR) is 85.7 cm³/mol. The maximum atomic E-state index is 6.21. The van der Waals surface area contributed by atoms with Gasteiger partial charge in [-0.25, -0.2) is 4.98 Å². The number of imidazole rings is 1. The monoisotopic (exact) mass is 320 g/mol. The summed E-state index contributed by atoms with van der Waals surface area (Å²) in [5.74, 6) is -0.718. The van der Waals surface area contributed by atoms with Crippen LogP contribution in [0.4, 0.5) is 0 Å². The summed E-state index contributed by atoms with van der Waals surface area (Å²) >= 11 is 6.01. The zero-order chi connectivity index (χ0) is 15.6. The molecule has 4 nitrogen and oxygen atoms in total. The third kappa shape index (κ3) is 3.35. The van der Waals surface area contributed by atoms with E-state index in [0.29, 0.717) is 18.2 Å². The van der Waals surface area contributed by atoms with Gasteiger partial charge in [-0.1, -0.05) is 37.6 Å². The maximum absolute atomic E-state index is 6.21. The molecule has 0 bridgehead atoms. The van der Waals surface area contributed by atoms with Gasteiger partial charge >= 0.3 is 0 Å². The van der Waals surface area contributed by atoms with Gasteiger partial charge in [0, 0.05) is 41.4 Å². The Hall–Kier alpha value is -1.36. The van der Waals surface area contributed by atoms with E-state index in [4.69, 9.17) is 21.1 Å². The Morgan fingerprint density at radius 1 is 1.18 bits per heavy atom. The van der Waals surface area contributed by atoms with Crippen LogP contribution in [0.15, 0.2) is 43.0 Å². The normalized spacial score (nSPS) is 20.0. The van der Waals surface area contributed by atoms with Crippen LogP contribution >= 0.6 is 11.6 Å². The van der Waals surface area contributed by atoms with Crippen molar-refractivity contribution in [2.45, 2.75) is 32.6 Å². The fourth-order valence-electron chi connectivity index (χ4n) is 2.56. The van der Waals surface area contributed by atoms with E-state index >= 15 is 0 Å². The summed E-state index contributed by atoms with van der Waals surface area (Å²) in [7, 11) is 0. The van der Waals surface area contributed by atoms with Gasteiger partial charge in [0.2, 0.25) is 0 Å². The molecule has 0 saturated carbocycles. The van der Waals surface area contributed by atoms with Crippen LogP contribution < -0.4 is 0 Å². The van der Waals surface area contributed by atoms with Gasteiger partial charge in [0.15, 0.2) is 5.79 Å². The fraction of sp³-hybridized carbons (Fsp3) is 0.471. The number of rotatable bonds is 4. The van der Waals surface area contributed by atoms with Gasteiger partial charge in [-0.15, -0.1) is 0 Å². The molecule has 0 N–H and O–H groups in total. The van der Waals surface area contributed by atoms with E-state index in [1.54, 1.807) is 6.20 Å². The zero-order valence-electron chi connectivity index (χ0n) is 13.0. The van der Waals surface area contributed by atoms with E-state index in [1.165, 1.54) is 0 Å². The second kappa shape index (κ2) is 6.03. The predicted octanol–water partition coefficient (Wildman–Crippen LogP) is 3.85. The largest absolute Gasteiger partial charge is 0.345 e. The van der Waals surface area contributed by atoms with E-state index < -0.39 is 5.79 Å². The lowest BCUT2D eigenvalue weighted by atomic mass is 9.92. The molecule has 0 atom stereocenters. The standard InChI is InChI=1S/C17H21ClN2O2/c1-16(2)11-21-17(22-12-16,7-9-20-10-8-19-13-20)14-3-5-15(18)6-4-14/h3-6,8,10,13H,7,9,11-12H2,1-2H3. The second-order valence-corrected chi connectivity index (χ2v) is 6.99. The number of halogens is 1. The molecule has 1 saturated heterocycles. The van der Waals surface area contributed by atoms with Crippen molar-refractivity contribution in [1.29, 1.82) is 0 Å². The highest BCUT2D eigenvalue weighted by Crippen LogP contribution is 2.39. The topological polar surface area (TPSA) is 36.3 Å². The second-order valence-electron chi connectivity index (χ2n) is 6.55. The Morgan fingerprint density at radius 3 is 2.45 bits per heavy atom. The summed E-state index contributed by atoms with van der Waals surface area (Å²) in [6.45, 7) is 6.41. The fourth-order valence-corrected chi connectivity index (χ4v) is 2.69. The van der Waals surface area contributed by atoms with Gasteiger partial charge in [-0.05, 0) is 12.1 Å². The molecule has 1 aliphatic heterocycles. The molecule has 0 unspecified atom stereocenters. The quantitative estimate of drug-likeness (QED) is 0.858. The molecule has 0 spiro atoms. The lowest BCUT2D eigenvalue weighted by Gasteiger charge is -2.44. The Bertz CT molecular complexity index is 598. The number of aromatic nitrogens is 2. The third-order valence-electron chi connectivity index (χ3n) is 3.93. The molecule has 0 radical (unpaired) electrons. The smallest absolute Gasteiger partial charge is 0.196 e. The van der Waals surface area contributed by atoms with E-state index in [0.717, 1.165) is 18.5 Å². The summed E-state index contributed by atoms with van der Waals surface area (Å²) in [5, 5.41) is 0.713. The van der Waals surface area contributed by atoms with Crippen molar-refractivity contribution in [3.05, 3.63) is 53.6 Å². The van der Waals surface area contributed by atoms with Crippen molar-refractivity contribution >= 4 is 11.6 Å². The molecule has 1 aromatic carbocycles. The summed E-state index contributed by atoms with van der Waals surface area (Å²) < 4.78 is 14.4. The van der Waals surface area contributed by atoms with Gasteiger partial charge in [-0.3, -0.25) is 0 Å². The number of ether oxygens (including phenoxy) is 2. The minimum atomic E-state index is -0.718. The summed E-state index contributed by atoms with van der Waals surface area (Å²) in [4.78, 5) is 4.08. The summed E-state index contributed by atoms with van der Waals surface area (Å²) in [5.41, 5.74) is 1.04.